The van der Waals surface area contributed by atoms with Gasteiger partial charge in [0.25, 0.3) is 5.91 Å². The van der Waals surface area contributed by atoms with Crippen molar-refractivity contribution in [1.82, 2.24) is 15.2 Å². The van der Waals surface area contributed by atoms with E-state index in [2.05, 4.69) is 10.3 Å². The summed E-state index contributed by atoms with van der Waals surface area (Å²) in [5.74, 6) is -0.806. The third kappa shape index (κ3) is 5.93. The Morgan fingerprint density at radius 1 is 1.14 bits per heavy atom. The van der Waals surface area contributed by atoms with Crippen molar-refractivity contribution in [2.24, 2.45) is 0 Å². The highest BCUT2D eigenvalue weighted by atomic mass is 16.5. The van der Waals surface area contributed by atoms with E-state index in [1.807, 2.05) is 30.3 Å². The Kier molecular flexibility index (Phi) is 7.57. The van der Waals surface area contributed by atoms with E-state index in [1.54, 1.807) is 23.1 Å². The minimum atomic E-state index is -0.561. The van der Waals surface area contributed by atoms with Crippen LogP contribution in [0.3, 0.4) is 0 Å². The van der Waals surface area contributed by atoms with Gasteiger partial charge in [0.2, 0.25) is 11.8 Å². The molecular formula is C26H27N3O6. The SMILES string of the molecule is COC(=O)c1cc(-c2nc(C(=O)N3CCC(O)CC3)co2)ccc1CNC(=O)Cc1ccccc1. The van der Waals surface area contributed by atoms with Crippen molar-refractivity contribution in [3.63, 3.8) is 0 Å². The first-order chi connectivity index (χ1) is 16.9. The number of oxazole rings is 1. The fourth-order valence-electron chi connectivity index (χ4n) is 3.94. The Bertz CT molecular complexity index is 1200. The van der Waals surface area contributed by atoms with Gasteiger partial charge >= 0.3 is 5.97 Å². The molecule has 0 aliphatic carbocycles. The normalized spacial score (nSPS) is 13.9. The van der Waals surface area contributed by atoms with Gasteiger partial charge in [0.15, 0.2) is 5.69 Å². The second kappa shape index (κ2) is 11.0. The minimum absolute atomic E-state index is 0.145. The molecule has 1 aliphatic rings. The molecule has 0 radical (unpaired) electrons. The van der Waals surface area contributed by atoms with Gasteiger partial charge in [-0.3, -0.25) is 9.59 Å². The highest BCUT2D eigenvalue weighted by Gasteiger charge is 2.25. The van der Waals surface area contributed by atoms with Crippen molar-refractivity contribution in [1.29, 1.82) is 0 Å². The Labute approximate surface area is 202 Å². The van der Waals surface area contributed by atoms with Gasteiger partial charge in [-0.1, -0.05) is 36.4 Å². The number of esters is 1. The zero-order valence-electron chi connectivity index (χ0n) is 19.4. The second-order valence-electron chi connectivity index (χ2n) is 8.36. The van der Waals surface area contributed by atoms with E-state index >= 15 is 0 Å². The van der Waals surface area contributed by atoms with Crippen LogP contribution in [0.25, 0.3) is 11.5 Å². The van der Waals surface area contributed by atoms with Crippen LogP contribution in [0.5, 0.6) is 0 Å². The van der Waals surface area contributed by atoms with Crippen LogP contribution in [0.1, 0.15) is 44.8 Å². The second-order valence-corrected chi connectivity index (χ2v) is 8.36. The van der Waals surface area contributed by atoms with E-state index in [-0.39, 0.29) is 48.0 Å². The van der Waals surface area contributed by atoms with Crippen molar-refractivity contribution >= 4 is 17.8 Å². The summed E-state index contributed by atoms with van der Waals surface area (Å²) in [6.07, 6.45) is 2.20. The quantitative estimate of drug-likeness (QED) is 0.502. The molecule has 4 rings (SSSR count). The van der Waals surface area contributed by atoms with Crippen LogP contribution < -0.4 is 5.32 Å². The number of amides is 2. The number of ether oxygens (including phenoxy) is 1. The number of nitrogens with one attached hydrogen (secondary N) is 1. The number of benzene rings is 2. The highest BCUT2D eigenvalue weighted by molar-refractivity contribution is 5.94. The molecule has 3 aromatic rings. The number of hydrogen-bond donors (Lipinski definition) is 2. The molecule has 2 aromatic carbocycles. The van der Waals surface area contributed by atoms with E-state index < -0.39 is 5.97 Å². The molecule has 9 nitrogen and oxygen atoms in total. The molecule has 1 fully saturated rings. The van der Waals surface area contributed by atoms with Crippen LogP contribution in [0.15, 0.2) is 59.2 Å². The summed E-state index contributed by atoms with van der Waals surface area (Å²) >= 11 is 0. The summed E-state index contributed by atoms with van der Waals surface area (Å²) in [6.45, 7) is 1.06. The number of rotatable bonds is 7. The smallest absolute Gasteiger partial charge is 0.338 e. The molecule has 0 bridgehead atoms. The van der Waals surface area contributed by atoms with Gasteiger partial charge in [0.1, 0.15) is 6.26 Å². The van der Waals surface area contributed by atoms with Gasteiger partial charge in [-0.2, -0.15) is 0 Å². The van der Waals surface area contributed by atoms with Crippen molar-refractivity contribution in [2.45, 2.75) is 31.9 Å². The van der Waals surface area contributed by atoms with Gasteiger partial charge in [0, 0.05) is 25.2 Å². The summed E-state index contributed by atoms with van der Waals surface area (Å²) in [5, 5.41) is 12.5. The number of carbonyl (C=O) groups excluding carboxylic acids is 3. The number of piperidine rings is 1. The lowest BCUT2D eigenvalue weighted by Crippen LogP contribution is -2.40. The fraction of sp³-hybridized carbons (Fsp3) is 0.308. The Hall–Kier alpha value is -3.98. The molecule has 2 amide bonds. The lowest BCUT2D eigenvalue weighted by Gasteiger charge is -2.28. The molecule has 2 heterocycles. The highest BCUT2D eigenvalue weighted by Crippen LogP contribution is 2.24. The Morgan fingerprint density at radius 2 is 1.89 bits per heavy atom. The number of hydrogen-bond acceptors (Lipinski definition) is 7. The molecule has 2 N–H and O–H groups in total. The van der Waals surface area contributed by atoms with E-state index in [0.29, 0.717) is 37.1 Å². The summed E-state index contributed by atoms with van der Waals surface area (Å²) in [4.78, 5) is 43.4. The third-order valence-electron chi connectivity index (χ3n) is 5.92. The van der Waals surface area contributed by atoms with Gasteiger partial charge in [-0.15, -0.1) is 0 Å². The van der Waals surface area contributed by atoms with Gasteiger partial charge in [-0.25, -0.2) is 9.78 Å². The van der Waals surface area contributed by atoms with Crippen molar-refractivity contribution in [2.75, 3.05) is 20.2 Å². The maximum atomic E-state index is 12.7. The average Bonchev–Trinajstić information content (AvgIpc) is 3.38. The number of aliphatic hydroxyl groups excluding tert-OH is 1. The minimum Gasteiger partial charge on any atom is -0.465 e. The molecule has 0 atom stereocenters. The van der Waals surface area contributed by atoms with Gasteiger partial charge < -0.3 is 24.5 Å². The fourth-order valence-corrected chi connectivity index (χ4v) is 3.94. The first kappa shape index (κ1) is 24.2. The maximum absolute atomic E-state index is 12.7. The standard InChI is InChI=1S/C26H27N3O6/c1-34-26(33)21-14-18(7-8-19(21)15-27-23(31)13-17-5-3-2-4-6-17)24-28-22(16-35-24)25(32)29-11-9-20(30)10-12-29/h2-8,14,16,20,30H,9-13,15H2,1H3,(H,27,31). The summed E-state index contributed by atoms with van der Waals surface area (Å²) in [6, 6.07) is 14.4. The largest absolute Gasteiger partial charge is 0.465 e. The first-order valence-electron chi connectivity index (χ1n) is 11.4. The maximum Gasteiger partial charge on any atom is 0.338 e. The number of aliphatic hydroxyl groups is 1. The molecule has 0 saturated carbocycles. The molecule has 0 unspecified atom stereocenters. The average molecular weight is 478 g/mol. The van der Waals surface area contributed by atoms with Crippen LogP contribution >= 0.6 is 0 Å². The van der Waals surface area contributed by atoms with E-state index in [1.165, 1.54) is 13.4 Å². The number of likely N-dealkylation sites (tertiary alicyclic amines) is 1. The van der Waals surface area contributed by atoms with Crippen LogP contribution in [-0.4, -0.2) is 59.1 Å². The lowest BCUT2D eigenvalue weighted by atomic mass is 10.0. The van der Waals surface area contributed by atoms with E-state index in [4.69, 9.17) is 9.15 Å². The molecule has 0 spiro atoms. The predicted molar refractivity (Wildman–Crippen MR) is 126 cm³/mol. The van der Waals surface area contributed by atoms with Gasteiger partial charge in [-0.05, 0) is 36.1 Å². The first-order valence-corrected chi connectivity index (χ1v) is 11.4. The molecule has 1 saturated heterocycles. The van der Waals surface area contributed by atoms with E-state index in [9.17, 15) is 19.5 Å². The predicted octanol–water partition coefficient (Wildman–Crippen LogP) is 2.58. The van der Waals surface area contributed by atoms with E-state index in [0.717, 1.165) is 5.56 Å². The molecule has 1 aliphatic heterocycles. The van der Waals surface area contributed by atoms with Crippen LogP contribution in [0.4, 0.5) is 0 Å². The molecular weight excluding hydrogens is 450 g/mol. The van der Waals surface area contributed by atoms with Crippen LogP contribution in [0, 0.1) is 0 Å². The zero-order valence-corrected chi connectivity index (χ0v) is 19.4. The van der Waals surface area contributed by atoms with Gasteiger partial charge in [0.05, 0.1) is 25.2 Å². The topological polar surface area (TPSA) is 122 Å². The lowest BCUT2D eigenvalue weighted by molar-refractivity contribution is -0.120. The number of nitrogens with zero attached hydrogens (tertiary/aromatic N) is 2. The summed E-state index contributed by atoms with van der Waals surface area (Å²) < 4.78 is 10.4. The van der Waals surface area contributed by atoms with Crippen molar-refractivity contribution < 1.29 is 28.6 Å². The number of aromatic nitrogens is 1. The number of methoxy groups -OCH3 is 1. The molecule has 9 heteroatoms. The Balaban J connectivity index is 1.47. The summed E-state index contributed by atoms with van der Waals surface area (Å²) in [7, 11) is 1.28. The monoisotopic (exact) mass is 477 g/mol. The van der Waals surface area contributed by atoms with Crippen LogP contribution in [0.2, 0.25) is 0 Å². The zero-order chi connectivity index (χ0) is 24.8. The molecule has 182 valence electrons. The number of carbonyl (C=O) groups is 3. The van der Waals surface area contributed by atoms with Crippen molar-refractivity contribution in [3.8, 4) is 11.5 Å². The van der Waals surface area contributed by atoms with Crippen LogP contribution in [-0.2, 0) is 22.5 Å². The summed E-state index contributed by atoms with van der Waals surface area (Å²) in [5.41, 5.74) is 2.40. The van der Waals surface area contributed by atoms with Crippen molar-refractivity contribution in [3.05, 3.63) is 77.2 Å². The molecule has 1 aromatic heterocycles. The third-order valence-corrected chi connectivity index (χ3v) is 5.92. The Morgan fingerprint density at radius 3 is 2.60 bits per heavy atom. The molecule has 35 heavy (non-hydrogen) atoms.